The lowest BCUT2D eigenvalue weighted by molar-refractivity contribution is -0.116. The molecular formula is C21H20N2O3. The lowest BCUT2D eigenvalue weighted by atomic mass is 10.1. The third-order valence-electron chi connectivity index (χ3n) is 4.21. The fourth-order valence-corrected chi connectivity index (χ4v) is 2.84. The fraction of sp³-hybridized carbons (Fsp3) is 0.190. The fourth-order valence-electron chi connectivity index (χ4n) is 2.84. The average molecular weight is 348 g/mol. The van der Waals surface area contributed by atoms with Crippen molar-refractivity contribution in [3.8, 4) is 0 Å². The minimum Gasteiger partial charge on any atom is -0.353 e. The number of nitrogens with zero attached hydrogens (tertiary/aromatic N) is 1. The van der Waals surface area contributed by atoms with Gasteiger partial charge in [-0.05, 0) is 36.6 Å². The van der Waals surface area contributed by atoms with Gasteiger partial charge in [-0.3, -0.25) is 19.3 Å². The molecule has 0 aromatic heterocycles. The van der Waals surface area contributed by atoms with Gasteiger partial charge in [-0.25, -0.2) is 0 Å². The number of hydrogen-bond acceptors (Lipinski definition) is 3. The molecule has 0 saturated carbocycles. The number of carbonyl (C=O) groups excluding carboxylic acids is 3. The van der Waals surface area contributed by atoms with Gasteiger partial charge in [0.25, 0.3) is 11.8 Å². The highest BCUT2D eigenvalue weighted by molar-refractivity contribution is 6.21. The third-order valence-corrected chi connectivity index (χ3v) is 4.21. The van der Waals surface area contributed by atoms with Crippen molar-refractivity contribution in [2.75, 3.05) is 13.1 Å². The second-order valence-electron chi connectivity index (χ2n) is 6.05. The summed E-state index contributed by atoms with van der Waals surface area (Å²) in [6.07, 6.45) is 4.60. The van der Waals surface area contributed by atoms with Crippen LogP contribution in [0, 0.1) is 0 Å². The maximum absolute atomic E-state index is 12.2. The van der Waals surface area contributed by atoms with Gasteiger partial charge >= 0.3 is 0 Å². The number of carbonyl (C=O) groups is 3. The van der Waals surface area contributed by atoms with Crippen LogP contribution < -0.4 is 5.32 Å². The predicted molar refractivity (Wildman–Crippen MR) is 99.5 cm³/mol. The summed E-state index contributed by atoms with van der Waals surface area (Å²) in [4.78, 5) is 37.5. The summed E-state index contributed by atoms with van der Waals surface area (Å²) in [5.41, 5.74) is 1.90. The molecule has 0 saturated heterocycles. The lowest BCUT2D eigenvalue weighted by Crippen LogP contribution is -2.31. The van der Waals surface area contributed by atoms with E-state index in [-0.39, 0.29) is 17.7 Å². The Bertz CT molecular complexity index is 808. The molecule has 5 heteroatoms. The van der Waals surface area contributed by atoms with Crippen molar-refractivity contribution < 1.29 is 14.4 Å². The summed E-state index contributed by atoms with van der Waals surface area (Å²) >= 11 is 0. The Kier molecular flexibility index (Phi) is 5.59. The van der Waals surface area contributed by atoms with E-state index < -0.39 is 0 Å². The SMILES string of the molecule is O=C(/C=C\c1ccccc1)NCCCCN1C(=O)c2ccccc2C1=O. The van der Waals surface area contributed by atoms with E-state index in [0.29, 0.717) is 37.1 Å². The molecule has 2 aromatic rings. The number of fused-ring (bicyclic) bond motifs is 1. The Hall–Kier alpha value is -3.21. The van der Waals surface area contributed by atoms with Crippen LogP contribution >= 0.6 is 0 Å². The number of nitrogens with one attached hydrogen (secondary N) is 1. The average Bonchev–Trinajstić information content (AvgIpc) is 2.92. The molecule has 26 heavy (non-hydrogen) atoms. The highest BCUT2D eigenvalue weighted by Gasteiger charge is 2.34. The molecule has 0 atom stereocenters. The minimum absolute atomic E-state index is 0.158. The molecule has 0 fully saturated rings. The molecule has 1 aliphatic rings. The monoisotopic (exact) mass is 348 g/mol. The Morgan fingerprint density at radius 1 is 0.885 bits per heavy atom. The van der Waals surface area contributed by atoms with Crippen molar-refractivity contribution in [2.24, 2.45) is 0 Å². The molecule has 5 nitrogen and oxygen atoms in total. The molecule has 0 radical (unpaired) electrons. The van der Waals surface area contributed by atoms with Crippen LogP contribution in [0.4, 0.5) is 0 Å². The van der Waals surface area contributed by atoms with Crippen LogP contribution in [0.15, 0.2) is 60.7 Å². The van der Waals surface area contributed by atoms with Crippen LogP contribution in [0.1, 0.15) is 39.1 Å². The topological polar surface area (TPSA) is 66.5 Å². The molecule has 1 N–H and O–H groups in total. The predicted octanol–water partition coefficient (Wildman–Crippen LogP) is 2.89. The van der Waals surface area contributed by atoms with Crippen molar-refractivity contribution in [1.82, 2.24) is 10.2 Å². The third kappa shape index (κ3) is 4.06. The van der Waals surface area contributed by atoms with Gasteiger partial charge in [-0.15, -0.1) is 0 Å². The first-order chi connectivity index (χ1) is 12.7. The van der Waals surface area contributed by atoms with E-state index in [4.69, 9.17) is 0 Å². The van der Waals surface area contributed by atoms with Crippen molar-refractivity contribution in [1.29, 1.82) is 0 Å². The largest absolute Gasteiger partial charge is 0.353 e. The summed E-state index contributed by atoms with van der Waals surface area (Å²) in [7, 11) is 0. The van der Waals surface area contributed by atoms with Crippen LogP contribution in [0.25, 0.3) is 6.08 Å². The molecule has 1 heterocycles. The molecular weight excluding hydrogens is 328 g/mol. The number of benzene rings is 2. The molecule has 3 amide bonds. The van der Waals surface area contributed by atoms with Crippen LogP contribution in [0.2, 0.25) is 0 Å². The smallest absolute Gasteiger partial charge is 0.261 e. The van der Waals surface area contributed by atoms with Gasteiger partial charge in [0.05, 0.1) is 11.1 Å². The minimum atomic E-state index is -0.236. The molecule has 1 aliphatic heterocycles. The van der Waals surface area contributed by atoms with E-state index in [0.717, 1.165) is 5.56 Å². The number of imide groups is 1. The maximum atomic E-state index is 12.2. The summed E-state index contributed by atoms with van der Waals surface area (Å²) in [6.45, 7) is 0.864. The van der Waals surface area contributed by atoms with Crippen molar-refractivity contribution in [3.05, 3.63) is 77.4 Å². The quantitative estimate of drug-likeness (QED) is 0.475. The standard InChI is InChI=1S/C21H20N2O3/c24-19(13-12-16-8-2-1-3-9-16)22-14-6-7-15-23-20(25)17-10-4-5-11-18(17)21(23)26/h1-5,8-13H,6-7,14-15H2,(H,22,24)/b13-12-. The second-order valence-corrected chi connectivity index (χ2v) is 6.05. The first kappa shape index (κ1) is 17.6. The Morgan fingerprint density at radius 3 is 2.15 bits per heavy atom. The molecule has 132 valence electrons. The summed E-state index contributed by atoms with van der Waals surface area (Å²) < 4.78 is 0. The Balaban J connectivity index is 1.39. The van der Waals surface area contributed by atoms with Crippen LogP contribution in [-0.4, -0.2) is 35.7 Å². The van der Waals surface area contributed by atoms with Gasteiger partial charge in [-0.1, -0.05) is 42.5 Å². The van der Waals surface area contributed by atoms with Crippen molar-refractivity contribution in [3.63, 3.8) is 0 Å². The molecule has 0 unspecified atom stereocenters. The maximum Gasteiger partial charge on any atom is 0.261 e. The van der Waals surface area contributed by atoms with E-state index in [1.807, 2.05) is 30.3 Å². The van der Waals surface area contributed by atoms with Gasteiger partial charge < -0.3 is 5.32 Å². The van der Waals surface area contributed by atoms with Crippen molar-refractivity contribution >= 4 is 23.8 Å². The van der Waals surface area contributed by atoms with Gasteiger partial charge in [0.15, 0.2) is 0 Å². The summed E-state index contributed by atoms with van der Waals surface area (Å²) in [5.74, 6) is -0.629. The van der Waals surface area contributed by atoms with Gasteiger partial charge in [0, 0.05) is 19.2 Å². The molecule has 0 spiro atoms. The Labute approximate surface area is 152 Å². The molecule has 3 rings (SSSR count). The summed E-state index contributed by atoms with van der Waals surface area (Å²) in [5, 5.41) is 2.80. The molecule has 0 bridgehead atoms. The Morgan fingerprint density at radius 2 is 1.50 bits per heavy atom. The zero-order valence-corrected chi connectivity index (χ0v) is 14.4. The van der Waals surface area contributed by atoms with Gasteiger partial charge in [-0.2, -0.15) is 0 Å². The van der Waals surface area contributed by atoms with Gasteiger partial charge in [0.1, 0.15) is 0 Å². The summed E-state index contributed by atoms with van der Waals surface area (Å²) in [6, 6.07) is 16.5. The van der Waals surface area contributed by atoms with Gasteiger partial charge in [0.2, 0.25) is 5.91 Å². The first-order valence-corrected chi connectivity index (χ1v) is 8.63. The molecule has 2 aromatic carbocycles. The number of hydrogen-bond donors (Lipinski definition) is 1. The van der Waals surface area contributed by atoms with Crippen LogP contribution in [-0.2, 0) is 4.79 Å². The number of unbranched alkanes of at least 4 members (excludes halogenated alkanes) is 1. The highest BCUT2D eigenvalue weighted by atomic mass is 16.2. The van der Waals surface area contributed by atoms with E-state index >= 15 is 0 Å². The molecule has 0 aliphatic carbocycles. The van der Waals surface area contributed by atoms with E-state index in [9.17, 15) is 14.4 Å². The van der Waals surface area contributed by atoms with E-state index in [2.05, 4.69) is 5.32 Å². The number of rotatable bonds is 7. The lowest BCUT2D eigenvalue weighted by Gasteiger charge is -2.13. The normalized spacial score (nSPS) is 13.3. The van der Waals surface area contributed by atoms with Crippen LogP contribution in [0.5, 0.6) is 0 Å². The zero-order chi connectivity index (χ0) is 18.4. The first-order valence-electron chi connectivity index (χ1n) is 8.63. The highest BCUT2D eigenvalue weighted by Crippen LogP contribution is 2.22. The van der Waals surface area contributed by atoms with Crippen LogP contribution in [0.3, 0.4) is 0 Å². The second kappa shape index (κ2) is 8.25. The van der Waals surface area contributed by atoms with Crippen molar-refractivity contribution in [2.45, 2.75) is 12.8 Å². The van der Waals surface area contributed by atoms with E-state index in [1.165, 1.54) is 11.0 Å². The van der Waals surface area contributed by atoms with E-state index in [1.54, 1.807) is 30.3 Å². The zero-order valence-electron chi connectivity index (χ0n) is 14.4. The number of amides is 3.